The molecule has 4 aliphatic rings. The standard InChI is InChI=1S/C17H27NO2/c1-15(2)16(3)8-7-11-10-13(17(11,15)16)20-14(19)12-6-5-9-18(12)4/h11-13H,5-10H2,1-4H3. The first-order valence-electron chi connectivity index (χ1n) is 8.27. The molecule has 3 nitrogen and oxygen atoms in total. The van der Waals surface area contributed by atoms with Crippen LogP contribution in [0.3, 0.4) is 0 Å². The molecule has 0 radical (unpaired) electrons. The molecule has 0 aromatic rings. The van der Waals surface area contributed by atoms with Gasteiger partial charge in [-0.1, -0.05) is 20.8 Å². The summed E-state index contributed by atoms with van der Waals surface area (Å²) in [6.07, 6.45) is 6.06. The van der Waals surface area contributed by atoms with Crippen molar-refractivity contribution < 1.29 is 9.53 Å². The molecule has 0 N–H and O–H groups in total. The summed E-state index contributed by atoms with van der Waals surface area (Å²) in [4.78, 5) is 14.6. The Morgan fingerprint density at radius 2 is 2.00 bits per heavy atom. The van der Waals surface area contributed by atoms with Gasteiger partial charge in [-0.2, -0.15) is 0 Å². The minimum Gasteiger partial charge on any atom is -0.461 e. The van der Waals surface area contributed by atoms with E-state index < -0.39 is 0 Å². The molecule has 1 spiro atoms. The van der Waals surface area contributed by atoms with E-state index in [2.05, 4.69) is 25.7 Å². The quantitative estimate of drug-likeness (QED) is 0.727. The van der Waals surface area contributed by atoms with Crippen LogP contribution in [0.25, 0.3) is 0 Å². The lowest BCUT2D eigenvalue weighted by Gasteiger charge is -2.46. The van der Waals surface area contributed by atoms with Crippen molar-refractivity contribution >= 4 is 5.97 Å². The minimum atomic E-state index is 0.0139. The number of rotatable bonds is 2. The zero-order chi connectivity index (χ0) is 14.3. The molecular weight excluding hydrogens is 250 g/mol. The number of carbonyl (C=O) groups is 1. The topological polar surface area (TPSA) is 29.5 Å². The van der Waals surface area contributed by atoms with E-state index in [1.54, 1.807) is 0 Å². The van der Waals surface area contributed by atoms with Crippen LogP contribution in [-0.4, -0.2) is 36.6 Å². The van der Waals surface area contributed by atoms with E-state index in [0.717, 1.165) is 31.7 Å². The molecule has 0 bridgehead atoms. The van der Waals surface area contributed by atoms with Gasteiger partial charge in [-0.15, -0.1) is 0 Å². The highest BCUT2D eigenvalue weighted by molar-refractivity contribution is 5.76. The number of likely N-dealkylation sites (tertiary alicyclic amines) is 1. The zero-order valence-corrected chi connectivity index (χ0v) is 13.2. The van der Waals surface area contributed by atoms with Gasteiger partial charge in [0, 0.05) is 5.41 Å². The number of likely N-dealkylation sites (N-methyl/N-ethyl adjacent to an activating group) is 1. The highest BCUT2D eigenvalue weighted by atomic mass is 16.5. The second-order valence-corrected chi connectivity index (χ2v) is 8.36. The number of hydrogen-bond acceptors (Lipinski definition) is 3. The molecule has 112 valence electrons. The Kier molecular flexibility index (Phi) is 2.36. The number of carbonyl (C=O) groups excluding carboxylic acids is 1. The van der Waals surface area contributed by atoms with E-state index in [-0.39, 0.29) is 18.1 Å². The van der Waals surface area contributed by atoms with Crippen LogP contribution >= 0.6 is 0 Å². The molecule has 3 saturated carbocycles. The Morgan fingerprint density at radius 3 is 2.55 bits per heavy atom. The van der Waals surface area contributed by atoms with Crippen molar-refractivity contribution in [1.82, 2.24) is 4.90 Å². The molecule has 0 aromatic heterocycles. The predicted molar refractivity (Wildman–Crippen MR) is 77.2 cm³/mol. The molecule has 0 aromatic carbocycles. The third kappa shape index (κ3) is 1.13. The lowest BCUT2D eigenvalue weighted by Crippen LogP contribution is -2.50. The third-order valence-corrected chi connectivity index (χ3v) is 7.96. The summed E-state index contributed by atoms with van der Waals surface area (Å²) in [7, 11) is 2.04. The summed E-state index contributed by atoms with van der Waals surface area (Å²) in [5.74, 6) is 0.849. The van der Waals surface area contributed by atoms with Gasteiger partial charge in [-0.3, -0.25) is 9.69 Å². The molecule has 3 aliphatic carbocycles. The van der Waals surface area contributed by atoms with Crippen molar-refractivity contribution in [2.75, 3.05) is 13.6 Å². The van der Waals surface area contributed by atoms with Crippen molar-refractivity contribution in [2.45, 2.75) is 65.0 Å². The van der Waals surface area contributed by atoms with Gasteiger partial charge in [0.05, 0.1) is 0 Å². The monoisotopic (exact) mass is 277 g/mol. The number of nitrogens with zero attached hydrogens (tertiary/aromatic N) is 1. The molecule has 4 fully saturated rings. The zero-order valence-electron chi connectivity index (χ0n) is 13.2. The molecule has 1 heterocycles. The van der Waals surface area contributed by atoms with E-state index in [4.69, 9.17) is 4.74 Å². The maximum Gasteiger partial charge on any atom is 0.323 e. The van der Waals surface area contributed by atoms with Crippen molar-refractivity contribution in [1.29, 1.82) is 0 Å². The van der Waals surface area contributed by atoms with Gasteiger partial charge in [0.15, 0.2) is 0 Å². The molecule has 3 heteroatoms. The smallest absolute Gasteiger partial charge is 0.323 e. The molecule has 1 saturated heterocycles. The number of esters is 1. The van der Waals surface area contributed by atoms with E-state index in [1.807, 2.05) is 7.05 Å². The minimum absolute atomic E-state index is 0.0139. The van der Waals surface area contributed by atoms with Crippen LogP contribution in [-0.2, 0) is 9.53 Å². The molecule has 5 unspecified atom stereocenters. The average Bonchev–Trinajstić information content (AvgIpc) is 2.71. The predicted octanol–water partition coefficient (Wildman–Crippen LogP) is 2.84. The van der Waals surface area contributed by atoms with Crippen LogP contribution in [0.15, 0.2) is 0 Å². The lowest BCUT2D eigenvalue weighted by atomic mass is 9.64. The average molecular weight is 277 g/mol. The highest BCUT2D eigenvalue weighted by Gasteiger charge is 2.91. The summed E-state index contributed by atoms with van der Waals surface area (Å²) in [6.45, 7) is 8.23. The highest BCUT2D eigenvalue weighted by Crippen LogP contribution is 2.92. The Bertz CT molecular complexity index is 474. The molecule has 4 rings (SSSR count). The van der Waals surface area contributed by atoms with E-state index in [0.29, 0.717) is 16.2 Å². The second kappa shape index (κ2) is 3.60. The van der Waals surface area contributed by atoms with Gasteiger partial charge in [0.25, 0.3) is 0 Å². The van der Waals surface area contributed by atoms with Gasteiger partial charge in [-0.05, 0) is 62.4 Å². The summed E-state index contributed by atoms with van der Waals surface area (Å²) >= 11 is 0. The van der Waals surface area contributed by atoms with E-state index >= 15 is 0 Å². The molecule has 0 amide bonds. The van der Waals surface area contributed by atoms with Crippen LogP contribution < -0.4 is 0 Å². The molecular formula is C17H27NO2. The van der Waals surface area contributed by atoms with Crippen molar-refractivity contribution in [3.63, 3.8) is 0 Å². The Labute approximate surface area is 122 Å². The summed E-state index contributed by atoms with van der Waals surface area (Å²) in [6, 6.07) is 0.0139. The number of hydrogen-bond donors (Lipinski definition) is 0. The summed E-state index contributed by atoms with van der Waals surface area (Å²) < 4.78 is 6.02. The molecule has 5 atom stereocenters. The summed E-state index contributed by atoms with van der Waals surface area (Å²) in [5.41, 5.74) is 1.08. The molecule has 20 heavy (non-hydrogen) atoms. The van der Waals surface area contributed by atoms with E-state index in [9.17, 15) is 4.79 Å². The first-order valence-corrected chi connectivity index (χ1v) is 8.27. The largest absolute Gasteiger partial charge is 0.461 e. The Balaban J connectivity index is 1.51. The first kappa shape index (κ1) is 13.1. The SMILES string of the molecule is CN1CCCC1C(=O)OC1CC2CCC3(C)C(C)(C)C213. The molecule has 1 aliphatic heterocycles. The Morgan fingerprint density at radius 1 is 1.25 bits per heavy atom. The number of ether oxygens (including phenoxy) is 1. The van der Waals surface area contributed by atoms with Gasteiger partial charge in [0.1, 0.15) is 12.1 Å². The fraction of sp³-hybridized carbons (Fsp3) is 0.941. The van der Waals surface area contributed by atoms with Crippen molar-refractivity contribution in [3.05, 3.63) is 0 Å². The van der Waals surface area contributed by atoms with Gasteiger partial charge in [0.2, 0.25) is 0 Å². The second-order valence-electron chi connectivity index (χ2n) is 8.36. The third-order valence-electron chi connectivity index (χ3n) is 7.96. The van der Waals surface area contributed by atoms with Crippen LogP contribution in [0.4, 0.5) is 0 Å². The lowest BCUT2D eigenvalue weighted by molar-refractivity contribution is -0.175. The van der Waals surface area contributed by atoms with Gasteiger partial charge >= 0.3 is 5.97 Å². The van der Waals surface area contributed by atoms with Crippen LogP contribution in [0.2, 0.25) is 0 Å². The van der Waals surface area contributed by atoms with Gasteiger partial charge in [-0.25, -0.2) is 0 Å². The fourth-order valence-corrected chi connectivity index (χ4v) is 6.61. The van der Waals surface area contributed by atoms with Crippen LogP contribution in [0.5, 0.6) is 0 Å². The maximum absolute atomic E-state index is 12.5. The van der Waals surface area contributed by atoms with Crippen LogP contribution in [0.1, 0.15) is 52.9 Å². The first-order chi connectivity index (χ1) is 9.36. The van der Waals surface area contributed by atoms with Crippen molar-refractivity contribution in [3.8, 4) is 0 Å². The maximum atomic E-state index is 12.5. The van der Waals surface area contributed by atoms with Gasteiger partial charge < -0.3 is 4.74 Å². The Hall–Kier alpha value is -0.570. The van der Waals surface area contributed by atoms with Crippen LogP contribution in [0, 0.1) is 22.2 Å². The normalized spacial score (nSPS) is 52.1. The van der Waals surface area contributed by atoms with Crippen molar-refractivity contribution in [2.24, 2.45) is 22.2 Å². The van der Waals surface area contributed by atoms with E-state index in [1.165, 1.54) is 12.8 Å². The fourth-order valence-electron chi connectivity index (χ4n) is 6.61. The summed E-state index contributed by atoms with van der Waals surface area (Å²) in [5, 5.41) is 0.